The summed E-state index contributed by atoms with van der Waals surface area (Å²) in [5.74, 6) is 0. The zero-order chi connectivity index (χ0) is 41.8. The summed E-state index contributed by atoms with van der Waals surface area (Å²) in [6, 6.07) is 25.3. The Balaban J connectivity index is 1.50. The van der Waals surface area contributed by atoms with Crippen molar-refractivity contribution in [1.82, 2.24) is 0 Å². The van der Waals surface area contributed by atoms with Gasteiger partial charge in [0.05, 0.1) is 17.8 Å². The minimum atomic E-state index is -0.710. The lowest BCUT2D eigenvalue weighted by Crippen LogP contribution is -1.93. The molecule has 0 saturated carbocycles. The van der Waals surface area contributed by atoms with Gasteiger partial charge >= 0.3 is 0 Å². The maximum Gasteiger partial charge on any atom is 0.0629 e. The van der Waals surface area contributed by atoms with E-state index in [9.17, 15) is 5.48 Å². The van der Waals surface area contributed by atoms with Gasteiger partial charge in [0.15, 0.2) is 0 Å². The fourth-order valence-electron chi connectivity index (χ4n) is 6.60. The minimum Gasteiger partial charge on any atom is -0.0622 e. The van der Waals surface area contributed by atoms with E-state index in [0.29, 0.717) is 10.9 Å². The molecule has 0 spiro atoms. The molecular formula is C46H30. The molecule has 214 valence electrons. The van der Waals surface area contributed by atoms with E-state index in [1.807, 2.05) is 78.9 Å². The maximum atomic E-state index is 9.40. The molecule has 46 heavy (non-hydrogen) atoms. The first-order valence-corrected chi connectivity index (χ1v) is 14.9. The first-order chi connectivity index (χ1) is 28.2. The number of fused-ring (bicyclic) bond motifs is 4. The van der Waals surface area contributed by atoms with Gasteiger partial charge in [0.2, 0.25) is 0 Å². The van der Waals surface area contributed by atoms with Crippen molar-refractivity contribution >= 4 is 43.1 Å². The predicted octanol–water partition coefficient (Wildman–Crippen LogP) is 13.0. The van der Waals surface area contributed by atoms with Crippen molar-refractivity contribution in [3.8, 4) is 44.5 Å². The van der Waals surface area contributed by atoms with Crippen LogP contribution in [0.3, 0.4) is 0 Å². The molecule has 0 atom stereocenters. The Labute approximate surface area is 287 Å². The van der Waals surface area contributed by atoms with Crippen LogP contribution in [0.4, 0.5) is 0 Å². The molecule has 0 aliphatic rings. The average molecular weight is 596 g/mol. The molecule has 0 amide bonds. The van der Waals surface area contributed by atoms with Crippen LogP contribution in [0, 0.1) is 0 Å². The number of rotatable bonds is 4. The van der Waals surface area contributed by atoms with E-state index in [1.165, 1.54) is 0 Å². The second-order valence-electron chi connectivity index (χ2n) is 11.1. The van der Waals surface area contributed by atoms with Crippen LogP contribution in [-0.2, 0) is 0 Å². The molecule has 0 unspecified atom stereocenters. The third-order valence-electron chi connectivity index (χ3n) is 8.58. The Morgan fingerprint density at radius 2 is 0.826 bits per heavy atom. The Morgan fingerprint density at radius 1 is 0.304 bits per heavy atom. The van der Waals surface area contributed by atoms with Crippen LogP contribution >= 0.6 is 0 Å². The van der Waals surface area contributed by atoms with Crippen LogP contribution in [0.25, 0.3) is 87.6 Å². The monoisotopic (exact) mass is 595 g/mol. The highest BCUT2D eigenvalue weighted by molar-refractivity contribution is 6.24. The molecule has 0 nitrogen and oxygen atoms in total. The molecule has 0 radical (unpaired) electrons. The van der Waals surface area contributed by atoms with Gasteiger partial charge in [-0.2, -0.15) is 0 Å². The molecule has 0 N–H and O–H groups in total. The average Bonchev–Trinajstić information content (AvgIpc) is 3.26. The van der Waals surface area contributed by atoms with E-state index in [-0.39, 0.29) is 32.7 Å². The Bertz CT molecular complexity index is 3190. The summed E-state index contributed by atoms with van der Waals surface area (Å²) in [6.07, 6.45) is 0. The van der Waals surface area contributed by atoms with Gasteiger partial charge in [-0.3, -0.25) is 0 Å². The zero-order valence-electron chi connectivity index (χ0n) is 37.3. The van der Waals surface area contributed by atoms with E-state index in [0.717, 1.165) is 38.4 Å². The van der Waals surface area contributed by atoms with Crippen LogP contribution in [0.15, 0.2) is 182 Å². The first-order valence-electron chi connectivity index (χ1n) is 21.4. The summed E-state index contributed by atoms with van der Waals surface area (Å²) in [6.45, 7) is 0. The fraction of sp³-hybridized carbons (Fsp3) is 0. The molecule has 0 heteroatoms. The molecular weight excluding hydrogens is 553 g/mol. The van der Waals surface area contributed by atoms with Crippen molar-refractivity contribution in [3.05, 3.63) is 182 Å². The quantitative estimate of drug-likeness (QED) is 0.178. The summed E-state index contributed by atoms with van der Waals surface area (Å²) < 4.78 is 116. The van der Waals surface area contributed by atoms with Crippen LogP contribution in [0.2, 0.25) is 0 Å². The summed E-state index contributed by atoms with van der Waals surface area (Å²) in [5, 5.41) is 2.68. The maximum absolute atomic E-state index is 9.40. The van der Waals surface area contributed by atoms with Gasteiger partial charge in [-0.1, -0.05) is 170 Å². The van der Waals surface area contributed by atoms with Gasteiger partial charge in [0, 0.05) is 0 Å². The molecule has 9 aromatic carbocycles. The van der Waals surface area contributed by atoms with Crippen molar-refractivity contribution in [2.45, 2.75) is 0 Å². The van der Waals surface area contributed by atoms with E-state index in [4.69, 9.17) is 12.3 Å². The molecule has 0 bridgehead atoms. The van der Waals surface area contributed by atoms with Crippen LogP contribution < -0.4 is 0 Å². The largest absolute Gasteiger partial charge is 0.0629 e. The molecule has 9 aromatic rings. The second-order valence-corrected chi connectivity index (χ2v) is 11.1. The van der Waals surface area contributed by atoms with Gasteiger partial charge < -0.3 is 0 Å². The standard InChI is InChI=1S/C46H30/c1-3-15-31(16-4-1)34-29-33-19-7-8-20-35(33)44(30-34)38-27-28-43(37-22-10-9-21-36(37)38)46-41-25-13-11-23-39(41)45(32-17-5-2-6-18-32)40-24-12-14-26-42(40)46/h1-30H/i2D,5D,6D,11D,12D,13D,14D,17D,18D,23D,24D,25D,26D. The SMILES string of the molecule is [2H]c1c([2H])c([2H])c(-c2c3c([2H])c([2H])c([2H])c([2H])c3c(-c3ccc(-c4cc(-c5ccccc5)cc5ccccc45)c4ccccc34)c3c([2H])c([2H])c([2H])c([2H])c23)c([2H])c1[2H]. The molecule has 0 heterocycles. The first kappa shape index (κ1) is 16.4. The smallest absolute Gasteiger partial charge is 0.0622 e. The predicted molar refractivity (Wildman–Crippen MR) is 198 cm³/mol. The van der Waals surface area contributed by atoms with Crippen molar-refractivity contribution < 1.29 is 17.8 Å². The zero-order valence-corrected chi connectivity index (χ0v) is 24.3. The third kappa shape index (κ3) is 4.23. The summed E-state index contributed by atoms with van der Waals surface area (Å²) in [4.78, 5) is 0. The fourth-order valence-corrected chi connectivity index (χ4v) is 6.60. The van der Waals surface area contributed by atoms with Gasteiger partial charge in [0.1, 0.15) is 0 Å². The van der Waals surface area contributed by atoms with Crippen molar-refractivity contribution in [2.75, 3.05) is 0 Å². The number of benzene rings is 9. The highest BCUT2D eigenvalue weighted by atomic mass is 14.2. The molecule has 9 rings (SSSR count). The Kier molecular flexibility index (Phi) is 3.87. The van der Waals surface area contributed by atoms with Crippen LogP contribution in [0.5, 0.6) is 0 Å². The molecule has 0 aliphatic carbocycles. The van der Waals surface area contributed by atoms with E-state index >= 15 is 0 Å². The molecule has 0 aromatic heterocycles. The summed E-state index contributed by atoms with van der Waals surface area (Å²) in [7, 11) is 0. The van der Waals surface area contributed by atoms with Crippen LogP contribution in [0.1, 0.15) is 17.8 Å². The topological polar surface area (TPSA) is 0 Å². The van der Waals surface area contributed by atoms with E-state index < -0.39 is 84.1 Å². The number of hydrogen-bond donors (Lipinski definition) is 0. The Morgan fingerprint density at radius 3 is 1.50 bits per heavy atom. The lowest BCUT2D eigenvalue weighted by Gasteiger charge is -2.20. The minimum absolute atomic E-state index is 0.0933. The van der Waals surface area contributed by atoms with Gasteiger partial charge in [-0.05, 0) is 99.7 Å². The van der Waals surface area contributed by atoms with Crippen molar-refractivity contribution in [2.24, 2.45) is 0 Å². The van der Waals surface area contributed by atoms with Gasteiger partial charge in [-0.25, -0.2) is 0 Å². The van der Waals surface area contributed by atoms with Crippen molar-refractivity contribution in [3.63, 3.8) is 0 Å². The highest BCUT2D eigenvalue weighted by Gasteiger charge is 2.19. The molecule has 0 fully saturated rings. The highest BCUT2D eigenvalue weighted by Crippen LogP contribution is 2.47. The summed E-state index contributed by atoms with van der Waals surface area (Å²) >= 11 is 0. The van der Waals surface area contributed by atoms with Gasteiger partial charge in [0.25, 0.3) is 0 Å². The van der Waals surface area contributed by atoms with Crippen LogP contribution in [-0.4, -0.2) is 0 Å². The summed E-state index contributed by atoms with van der Waals surface area (Å²) in [5.41, 5.74) is 3.56. The van der Waals surface area contributed by atoms with Crippen molar-refractivity contribution in [1.29, 1.82) is 0 Å². The van der Waals surface area contributed by atoms with E-state index in [2.05, 4.69) is 18.2 Å². The van der Waals surface area contributed by atoms with Gasteiger partial charge in [-0.15, -0.1) is 0 Å². The third-order valence-corrected chi connectivity index (χ3v) is 8.58. The second kappa shape index (κ2) is 10.9. The molecule has 0 saturated heterocycles. The normalized spacial score (nSPS) is 15.4. The lowest BCUT2D eigenvalue weighted by molar-refractivity contribution is 1.63. The van der Waals surface area contributed by atoms with E-state index in [1.54, 1.807) is 6.07 Å². The lowest BCUT2D eigenvalue weighted by atomic mass is 9.83. The molecule has 0 aliphatic heterocycles. The number of hydrogen-bond acceptors (Lipinski definition) is 0. The Hall–Kier alpha value is -5.98.